The molecule has 1 aliphatic rings. The van der Waals surface area contributed by atoms with Gasteiger partial charge in [0.05, 0.1) is 29.4 Å². The largest absolute Gasteiger partial charge is 0.350 e. The van der Waals surface area contributed by atoms with E-state index in [-0.39, 0.29) is 17.6 Å². The number of hydrogen-bond acceptors (Lipinski definition) is 8. The Hall–Kier alpha value is -3.70. The van der Waals surface area contributed by atoms with Crippen molar-refractivity contribution in [3.05, 3.63) is 72.2 Å². The summed E-state index contributed by atoms with van der Waals surface area (Å²) in [5, 5.41) is 7.16. The number of alkyl halides is 1. The molecule has 1 saturated heterocycles. The van der Waals surface area contributed by atoms with Gasteiger partial charge in [0.15, 0.2) is 5.82 Å². The number of aryl methyl sites for hydroxylation is 1. The number of fused-ring (bicyclic) bond motifs is 1. The van der Waals surface area contributed by atoms with Gasteiger partial charge < -0.3 is 10.6 Å². The van der Waals surface area contributed by atoms with Gasteiger partial charge in [-0.05, 0) is 29.7 Å². The SMILES string of the molecule is CCc1cc(-c2cnc(NS(=O)(=O)Cc3ccccc3)cn2)cc2cnc(N[C@@H]3CNC[C@@H](F)C3)nc12. The first kappa shape index (κ1) is 25.0. The topological polar surface area (TPSA) is 122 Å². The standard InChI is InChI=1S/C26H28FN7O2S/c1-2-18-8-19(9-20-11-31-26(33-25(18)20)32-22-10-21(27)12-28-13-22)23-14-30-24(15-29-23)34-37(35,36)16-17-6-4-3-5-7-17/h3-9,11,14-15,21-22,28H,2,10,12-13,16H2,1H3,(H,30,34)(H,31,32,33)/t21-,22-/m0/s1. The van der Waals surface area contributed by atoms with E-state index >= 15 is 0 Å². The number of hydrogen-bond donors (Lipinski definition) is 3. The summed E-state index contributed by atoms with van der Waals surface area (Å²) in [4.78, 5) is 17.9. The van der Waals surface area contributed by atoms with Gasteiger partial charge in [-0.3, -0.25) is 9.71 Å². The van der Waals surface area contributed by atoms with Crippen molar-refractivity contribution in [1.29, 1.82) is 0 Å². The summed E-state index contributed by atoms with van der Waals surface area (Å²) >= 11 is 0. The first-order valence-electron chi connectivity index (χ1n) is 12.2. The number of benzene rings is 2. The molecule has 0 aliphatic carbocycles. The quantitative estimate of drug-likeness (QED) is 0.321. The molecule has 3 N–H and O–H groups in total. The Morgan fingerprint density at radius 1 is 1.05 bits per heavy atom. The summed E-state index contributed by atoms with van der Waals surface area (Å²) in [7, 11) is -3.62. The lowest BCUT2D eigenvalue weighted by atomic mass is 10.0. The fourth-order valence-electron chi connectivity index (χ4n) is 4.41. The summed E-state index contributed by atoms with van der Waals surface area (Å²) in [6.45, 7) is 3.09. The highest BCUT2D eigenvalue weighted by Gasteiger charge is 2.22. The lowest BCUT2D eigenvalue weighted by molar-refractivity contribution is 0.254. The van der Waals surface area contributed by atoms with E-state index < -0.39 is 16.2 Å². The van der Waals surface area contributed by atoms with Gasteiger partial charge >= 0.3 is 0 Å². The summed E-state index contributed by atoms with van der Waals surface area (Å²) in [6, 6.07) is 12.8. The lowest BCUT2D eigenvalue weighted by Crippen LogP contribution is -2.44. The second-order valence-electron chi connectivity index (χ2n) is 9.09. The average molecular weight is 522 g/mol. The predicted molar refractivity (Wildman–Crippen MR) is 142 cm³/mol. The second-order valence-corrected chi connectivity index (χ2v) is 10.8. The van der Waals surface area contributed by atoms with Crippen LogP contribution in [0.2, 0.25) is 0 Å². The molecule has 2 atom stereocenters. The second kappa shape index (κ2) is 10.7. The Morgan fingerprint density at radius 2 is 1.89 bits per heavy atom. The van der Waals surface area contributed by atoms with Gasteiger partial charge in [-0.25, -0.2) is 27.8 Å². The Balaban J connectivity index is 1.34. The maximum absolute atomic E-state index is 13.7. The molecule has 2 aromatic heterocycles. The van der Waals surface area contributed by atoms with Crippen LogP contribution in [0.1, 0.15) is 24.5 Å². The minimum Gasteiger partial charge on any atom is -0.350 e. The van der Waals surface area contributed by atoms with Gasteiger partial charge in [0.1, 0.15) is 6.17 Å². The molecule has 1 aliphatic heterocycles. The van der Waals surface area contributed by atoms with E-state index in [4.69, 9.17) is 4.98 Å². The Labute approximate surface area is 215 Å². The first-order valence-corrected chi connectivity index (χ1v) is 13.8. The Bertz CT molecular complexity index is 1480. The van der Waals surface area contributed by atoms with E-state index in [2.05, 4.69) is 30.3 Å². The molecular weight excluding hydrogens is 493 g/mol. The van der Waals surface area contributed by atoms with Gasteiger partial charge in [-0.2, -0.15) is 0 Å². The zero-order valence-corrected chi connectivity index (χ0v) is 21.2. The van der Waals surface area contributed by atoms with Crippen LogP contribution in [0.3, 0.4) is 0 Å². The molecule has 192 valence electrons. The van der Waals surface area contributed by atoms with Crippen LogP contribution >= 0.6 is 0 Å². The van der Waals surface area contributed by atoms with E-state index in [1.54, 1.807) is 36.7 Å². The highest BCUT2D eigenvalue weighted by molar-refractivity contribution is 7.91. The number of anilines is 2. The van der Waals surface area contributed by atoms with E-state index in [9.17, 15) is 12.8 Å². The number of aromatic nitrogens is 4. The van der Waals surface area contributed by atoms with E-state index in [1.807, 2.05) is 25.1 Å². The summed E-state index contributed by atoms with van der Waals surface area (Å²) < 4.78 is 41.2. The molecule has 5 rings (SSSR count). The van der Waals surface area contributed by atoms with Crippen molar-refractivity contribution in [1.82, 2.24) is 25.3 Å². The van der Waals surface area contributed by atoms with Crippen LogP contribution in [0.5, 0.6) is 0 Å². The van der Waals surface area contributed by atoms with Crippen molar-refractivity contribution in [2.24, 2.45) is 0 Å². The lowest BCUT2D eigenvalue weighted by Gasteiger charge is -2.26. The minimum atomic E-state index is -3.62. The van der Waals surface area contributed by atoms with Crippen molar-refractivity contribution < 1.29 is 12.8 Å². The summed E-state index contributed by atoms with van der Waals surface area (Å²) in [5.74, 6) is 0.482. The monoisotopic (exact) mass is 521 g/mol. The third-order valence-corrected chi connectivity index (χ3v) is 7.41. The normalized spacial score (nSPS) is 18.0. The molecule has 1 fully saturated rings. The molecule has 37 heavy (non-hydrogen) atoms. The van der Waals surface area contributed by atoms with Crippen molar-refractivity contribution >= 4 is 32.7 Å². The molecule has 11 heteroatoms. The van der Waals surface area contributed by atoms with Crippen molar-refractivity contribution in [2.75, 3.05) is 23.1 Å². The number of sulfonamides is 1. The maximum atomic E-state index is 13.7. The third kappa shape index (κ3) is 6.17. The Kier molecular flexibility index (Phi) is 7.24. The summed E-state index contributed by atoms with van der Waals surface area (Å²) in [5.41, 5.74) is 3.95. The van der Waals surface area contributed by atoms with Crippen LogP contribution < -0.4 is 15.4 Å². The van der Waals surface area contributed by atoms with E-state index in [0.29, 0.717) is 36.7 Å². The minimum absolute atomic E-state index is 0.0653. The van der Waals surface area contributed by atoms with Crippen LogP contribution in [0.25, 0.3) is 22.2 Å². The number of nitrogens with zero attached hydrogens (tertiary/aromatic N) is 4. The van der Waals surface area contributed by atoms with Crippen LogP contribution in [0, 0.1) is 0 Å². The number of nitrogens with one attached hydrogen (secondary N) is 3. The zero-order valence-electron chi connectivity index (χ0n) is 20.4. The average Bonchev–Trinajstić information content (AvgIpc) is 2.88. The smallest absolute Gasteiger partial charge is 0.238 e. The fourth-order valence-corrected chi connectivity index (χ4v) is 5.53. The molecule has 0 bridgehead atoms. The van der Waals surface area contributed by atoms with Gasteiger partial charge in [0.2, 0.25) is 16.0 Å². The summed E-state index contributed by atoms with van der Waals surface area (Å²) in [6.07, 6.45) is 4.98. The highest BCUT2D eigenvalue weighted by atomic mass is 32.2. The van der Waals surface area contributed by atoms with Gasteiger partial charge in [-0.15, -0.1) is 0 Å². The molecule has 3 heterocycles. The number of rotatable bonds is 8. The van der Waals surface area contributed by atoms with Crippen molar-refractivity contribution in [3.8, 4) is 11.3 Å². The van der Waals surface area contributed by atoms with Crippen molar-refractivity contribution in [2.45, 2.75) is 37.7 Å². The fraction of sp³-hybridized carbons (Fsp3) is 0.308. The predicted octanol–water partition coefficient (Wildman–Crippen LogP) is 3.70. The van der Waals surface area contributed by atoms with Gasteiger partial charge in [0.25, 0.3) is 0 Å². The molecule has 0 saturated carbocycles. The molecule has 0 radical (unpaired) electrons. The number of halogens is 1. The molecule has 4 aromatic rings. The first-order chi connectivity index (χ1) is 17.9. The molecular formula is C26H28FN7O2S. The Morgan fingerprint density at radius 3 is 2.62 bits per heavy atom. The highest BCUT2D eigenvalue weighted by Crippen LogP contribution is 2.27. The number of piperidine rings is 1. The van der Waals surface area contributed by atoms with E-state index in [1.165, 1.54) is 6.20 Å². The third-order valence-electron chi connectivity index (χ3n) is 6.18. The van der Waals surface area contributed by atoms with Crippen LogP contribution in [0.4, 0.5) is 16.2 Å². The molecule has 9 nitrogen and oxygen atoms in total. The van der Waals surface area contributed by atoms with E-state index in [0.717, 1.165) is 28.5 Å². The maximum Gasteiger partial charge on any atom is 0.238 e. The van der Waals surface area contributed by atoms with Gasteiger partial charge in [-0.1, -0.05) is 37.3 Å². The van der Waals surface area contributed by atoms with Gasteiger partial charge in [0, 0.05) is 42.7 Å². The van der Waals surface area contributed by atoms with Crippen LogP contribution in [-0.2, 0) is 22.2 Å². The van der Waals surface area contributed by atoms with Crippen LogP contribution in [-0.4, -0.2) is 53.7 Å². The molecule has 0 unspecified atom stereocenters. The van der Waals surface area contributed by atoms with Crippen molar-refractivity contribution in [3.63, 3.8) is 0 Å². The molecule has 0 spiro atoms. The molecule has 0 amide bonds. The molecule has 2 aromatic carbocycles. The zero-order chi connectivity index (χ0) is 25.8. The van der Waals surface area contributed by atoms with Crippen LogP contribution in [0.15, 0.2) is 61.1 Å².